The standard InChI is InChI=1S/C18H28N6O3/c1-11-14(12(2)21-18(19)20-11)6-7-16(26)23-8-9-24(13(3)25)15(10-23)17(27)22(4)5/h15H,6-10H2,1-5H3,(H2,19,20,21). The molecule has 0 saturated carbocycles. The van der Waals surface area contributed by atoms with Crippen molar-refractivity contribution < 1.29 is 14.4 Å². The van der Waals surface area contributed by atoms with Crippen LogP contribution in [0.3, 0.4) is 0 Å². The zero-order valence-electron chi connectivity index (χ0n) is 16.7. The highest BCUT2D eigenvalue weighted by Gasteiger charge is 2.36. The molecule has 1 aromatic heterocycles. The maximum atomic E-state index is 12.7. The van der Waals surface area contributed by atoms with Crippen molar-refractivity contribution in [1.29, 1.82) is 0 Å². The van der Waals surface area contributed by atoms with E-state index < -0.39 is 6.04 Å². The monoisotopic (exact) mass is 376 g/mol. The van der Waals surface area contributed by atoms with E-state index in [0.717, 1.165) is 17.0 Å². The fourth-order valence-electron chi connectivity index (χ4n) is 3.41. The molecule has 1 aliphatic rings. The molecule has 1 aromatic rings. The van der Waals surface area contributed by atoms with Crippen molar-refractivity contribution in [2.45, 2.75) is 39.7 Å². The molecular formula is C18H28N6O3. The molecule has 1 unspecified atom stereocenters. The van der Waals surface area contributed by atoms with Gasteiger partial charge in [-0.2, -0.15) is 0 Å². The summed E-state index contributed by atoms with van der Waals surface area (Å²) in [5.74, 6) is -0.162. The summed E-state index contributed by atoms with van der Waals surface area (Å²) in [5.41, 5.74) is 8.10. The van der Waals surface area contributed by atoms with Crippen molar-refractivity contribution in [2.75, 3.05) is 39.5 Å². The Kier molecular flexibility index (Phi) is 6.35. The second kappa shape index (κ2) is 8.32. The quantitative estimate of drug-likeness (QED) is 0.776. The molecule has 1 fully saturated rings. The zero-order chi connectivity index (χ0) is 20.3. The number of nitrogens with zero attached hydrogens (tertiary/aromatic N) is 5. The second-order valence-electron chi connectivity index (χ2n) is 7.03. The predicted molar refractivity (Wildman–Crippen MR) is 101 cm³/mol. The zero-order valence-corrected chi connectivity index (χ0v) is 16.7. The van der Waals surface area contributed by atoms with Crippen LogP contribution < -0.4 is 5.73 Å². The van der Waals surface area contributed by atoms with Gasteiger partial charge in [-0.05, 0) is 25.8 Å². The number of carbonyl (C=O) groups is 3. The van der Waals surface area contributed by atoms with Crippen LogP contribution in [-0.4, -0.2) is 82.2 Å². The summed E-state index contributed by atoms with van der Waals surface area (Å²) in [6.45, 7) is 6.14. The van der Waals surface area contributed by atoms with Gasteiger partial charge in [0.05, 0.1) is 6.54 Å². The van der Waals surface area contributed by atoms with Crippen molar-refractivity contribution in [1.82, 2.24) is 24.7 Å². The van der Waals surface area contributed by atoms with Crippen LogP contribution in [0.2, 0.25) is 0 Å². The number of nitrogen functional groups attached to an aromatic ring is 1. The molecule has 0 bridgehead atoms. The van der Waals surface area contributed by atoms with Gasteiger partial charge in [-0.1, -0.05) is 0 Å². The number of aromatic nitrogens is 2. The topological polar surface area (TPSA) is 113 Å². The number of rotatable bonds is 4. The molecule has 0 aliphatic carbocycles. The van der Waals surface area contributed by atoms with Crippen LogP contribution >= 0.6 is 0 Å². The average molecular weight is 376 g/mol. The summed E-state index contributed by atoms with van der Waals surface area (Å²) in [6.07, 6.45) is 0.800. The van der Waals surface area contributed by atoms with Gasteiger partial charge in [0, 0.05) is 51.9 Å². The third-order valence-electron chi connectivity index (χ3n) is 4.89. The molecule has 0 radical (unpaired) electrons. The van der Waals surface area contributed by atoms with E-state index in [9.17, 15) is 14.4 Å². The van der Waals surface area contributed by atoms with Crippen LogP contribution in [-0.2, 0) is 20.8 Å². The Hall–Kier alpha value is -2.71. The predicted octanol–water partition coefficient (Wildman–Crippen LogP) is -0.244. The first-order valence-corrected chi connectivity index (χ1v) is 8.97. The van der Waals surface area contributed by atoms with Gasteiger partial charge in [0.2, 0.25) is 23.7 Å². The first-order valence-electron chi connectivity index (χ1n) is 8.97. The molecule has 9 nitrogen and oxygen atoms in total. The molecule has 1 aliphatic heterocycles. The molecule has 1 saturated heterocycles. The lowest BCUT2D eigenvalue weighted by atomic mass is 10.0. The molecule has 0 aromatic carbocycles. The average Bonchev–Trinajstić information content (AvgIpc) is 2.59. The lowest BCUT2D eigenvalue weighted by Crippen LogP contribution is -2.61. The van der Waals surface area contributed by atoms with Crippen molar-refractivity contribution in [3.63, 3.8) is 0 Å². The highest BCUT2D eigenvalue weighted by molar-refractivity contribution is 5.88. The van der Waals surface area contributed by atoms with Gasteiger partial charge in [0.1, 0.15) is 6.04 Å². The van der Waals surface area contributed by atoms with Gasteiger partial charge in [-0.25, -0.2) is 9.97 Å². The lowest BCUT2D eigenvalue weighted by Gasteiger charge is -2.41. The Morgan fingerprint density at radius 3 is 2.26 bits per heavy atom. The number of hydrogen-bond donors (Lipinski definition) is 1. The molecule has 9 heteroatoms. The van der Waals surface area contributed by atoms with Gasteiger partial charge in [0.25, 0.3) is 0 Å². The van der Waals surface area contributed by atoms with E-state index in [4.69, 9.17) is 5.73 Å². The van der Waals surface area contributed by atoms with E-state index in [1.807, 2.05) is 13.8 Å². The molecule has 148 valence electrons. The Morgan fingerprint density at radius 1 is 1.15 bits per heavy atom. The number of piperazine rings is 1. The SMILES string of the molecule is CC(=O)N1CCN(C(=O)CCc2c(C)nc(N)nc2C)CC1C(=O)N(C)C. The second-order valence-corrected chi connectivity index (χ2v) is 7.03. The third-order valence-corrected chi connectivity index (χ3v) is 4.89. The number of amides is 3. The van der Waals surface area contributed by atoms with Crippen LogP contribution in [0, 0.1) is 13.8 Å². The molecular weight excluding hydrogens is 348 g/mol. The van der Waals surface area contributed by atoms with Gasteiger partial charge in [0.15, 0.2) is 0 Å². The molecule has 2 heterocycles. The minimum absolute atomic E-state index is 0.0506. The number of carbonyl (C=O) groups excluding carboxylic acids is 3. The van der Waals surface area contributed by atoms with Gasteiger partial charge in [-0.15, -0.1) is 0 Å². The molecule has 0 spiro atoms. The summed E-state index contributed by atoms with van der Waals surface area (Å²) in [4.78, 5) is 50.0. The van der Waals surface area contributed by atoms with Crippen LogP contribution in [0.4, 0.5) is 5.95 Å². The Labute approximate surface area is 159 Å². The van der Waals surface area contributed by atoms with E-state index in [1.54, 1.807) is 19.0 Å². The Morgan fingerprint density at radius 2 is 1.74 bits per heavy atom. The van der Waals surface area contributed by atoms with Gasteiger partial charge < -0.3 is 20.4 Å². The highest BCUT2D eigenvalue weighted by atomic mass is 16.2. The number of hydrogen-bond acceptors (Lipinski definition) is 6. The fraction of sp³-hybridized carbons (Fsp3) is 0.611. The van der Waals surface area contributed by atoms with Crippen molar-refractivity contribution in [3.05, 3.63) is 17.0 Å². The number of anilines is 1. The van der Waals surface area contributed by atoms with E-state index in [1.165, 1.54) is 16.7 Å². The largest absolute Gasteiger partial charge is 0.368 e. The van der Waals surface area contributed by atoms with Crippen LogP contribution in [0.25, 0.3) is 0 Å². The first-order chi connectivity index (χ1) is 12.6. The van der Waals surface area contributed by atoms with Crippen LogP contribution in [0.1, 0.15) is 30.3 Å². The van der Waals surface area contributed by atoms with Crippen LogP contribution in [0.15, 0.2) is 0 Å². The minimum Gasteiger partial charge on any atom is -0.368 e. The van der Waals surface area contributed by atoms with E-state index in [0.29, 0.717) is 19.5 Å². The summed E-state index contributed by atoms with van der Waals surface area (Å²) >= 11 is 0. The number of likely N-dealkylation sites (N-methyl/N-ethyl adjacent to an activating group) is 1. The molecule has 3 amide bonds. The summed E-state index contributed by atoms with van der Waals surface area (Å²) < 4.78 is 0. The Balaban J connectivity index is 2.06. The van der Waals surface area contributed by atoms with E-state index in [-0.39, 0.29) is 36.6 Å². The lowest BCUT2D eigenvalue weighted by molar-refractivity contribution is -0.150. The smallest absolute Gasteiger partial charge is 0.246 e. The summed E-state index contributed by atoms with van der Waals surface area (Å²) in [5, 5.41) is 0. The highest BCUT2D eigenvalue weighted by Crippen LogP contribution is 2.17. The van der Waals surface area contributed by atoms with Crippen molar-refractivity contribution in [3.8, 4) is 0 Å². The number of nitrogens with two attached hydrogens (primary N) is 1. The molecule has 2 N–H and O–H groups in total. The van der Waals surface area contributed by atoms with Crippen molar-refractivity contribution in [2.24, 2.45) is 0 Å². The van der Waals surface area contributed by atoms with E-state index >= 15 is 0 Å². The molecule has 27 heavy (non-hydrogen) atoms. The maximum absolute atomic E-state index is 12.7. The Bertz CT molecular complexity index is 726. The summed E-state index contributed by atoms with van der Waals surface area (Å²) in [7, 11) is 3.29. The molecule has 1 atom stereocenters. The van der Waals surface area contributed by atoms with Gasteiger partial charge in [-0.3, -0.25) is 14.4 Å². The number of aryl methyl sites for hydroxylation is 2. The minimum atomic E-state index is -0.640. The van der Waals surface area contributed by atoms with Crippen LogP contribution in [0.5, 0.6) is 0 Å². The normalized spacial score (nSPS) is 17.0. The van der Waals surface area contributed by atoms with E-state index in [2.05, 4.69) is 9.97 Å². The summed E-state index contributed by atoms with van der Waals surface area (Å²) in [6, 6.07) is -0.640. The first kappa shape index (κ1) is 20.6. The fourth-order valence-corrected chi connectivity index (χ4v) is 3.41. The molecule has 2 rings (SSSR count). The van der Waals surface area contributed by atoms with Gasteiger partial charge >= 0.3 is 0 Å². The van der Waals surface area contributed by atoms with Crippen molar-refractivity contribution >= 4 is 23.7 Å². The maximum Gasteiger partial charge on any atom is 0.246 e. The third kappa shape index (κ3) is 4.72.